The van der Waals surface area contributed by atoms with E-state index in [4.69, 9.17) is 15.2 Å². The highest BCUT2D eigenvalue weighted by Crippen LogP contribution is 2.17. The summed E-state index contributed by atoms with van der Waals surface area (Å²) in [6, 6.07) is 0.0548. The highest BCUT2D eigenvalue weighted by Gasteiger charge is 2.21. The summed E-state index contributed by atoms with van der Waals surface area (Å²) in [5, 5.41) is 3.62. The first-order valence-corrected chi connectivity index (χ1v) is 3.64. The largest absolute Gasteiger partial charge is 0.376 e. The fraction of sp³-hybridized carbons (Fsp3) is 0.667. The van der Waals surface area contributed by atoms with Crippen molar-refractivity contribution in [1.82, 2.24) is 10.1 Å². The van der Waals surface area contributed by atoms with E-state index < -0.39 is 0 Å². The van der Waals surface area contributed by atoms with Crippen molar-refractivity contribution >= 4 is 6.01 Å². The minimum Gasteiger partial charge on any atom is -0.376 e. The Morgan fingerprint density at radius 2 is 2.33 bits per heavy atom. The molecule has 0 saturated carbocycles. The van der Waals surface area contributed by atoms with Gasteiger partial charge in [-0.25, -0.2) is 0 Å². The summed E-state index contributed by atoms with van der Waals surface area (Å²) >= 11 is 0. The van der Waals surface area contributed by atoms with Gasteiger partial charge in [-0.2, -0.15) is 4.98 Å². The number of nitrogens with zero attached hydrogens (tertiary/aromatic N) is 2. The Morgan fingerprint density at radius 1 is 1.42 bits per heavy atom. The van der Waals surface area contributed by atoms with Crippen LogP contribution in [0, 0.1) is 0 Å². The zero-order valence-corrected chi connectivity index (χ0v) is 6.40. The Balaban J connectivity index is 2.08. The molecule has 1 unspecified atom stereocenters. The van der Waals surface area contributed by atoms with Crippen LogP contribution in [0.2, 0.25) is 0 Å². The average molecular weight is 171 g/mol. The summed E-state index contributed by atoms with van der Waals surface area (Å²) in [5.74, 6) is 0.451. The quantitative estimate of drug-likeness (QED) is 0.626. The summed E-state index contributed by atoms with van der Waals surface area (Å²) in [5.41, 5.74) is 5.25. The van der Waals surface area contributed by atoms with E-state index in [2.05, 4.69) is 14.7 Å². The predicted molar refractivity (Wildman–Crippen MR) is 38.2 cm³/mol. The van der Waals surface area contributed by atoms with Gasteiger partial charge in [-0.1, -0.05) is 5.16 Å². The number of nitrogen functional groups attached to an aromatic ring is 1. The van der Waals surface area contributed by atoms with Crippen LogP contribution in [0.15, 0.2) is 4.52 Å². The van der Waals surface area contributed by atoms with Crippen molar-refractivity contribution in [3.05, 3.63) is 5.82 Å². The van der Waals surface area contributed by atoms with Gasteiger partial charge in [-0.3, -0.25) is 0 Å². The Hall–Kier alpha value is -1.14. The molecule has 66 valence electrons. The van der Waals surface area contributed by atoms with Gasteiger partial charge in [0.05, 0.1) is 19.8 Å². The summed E-state index contributed by atoms with van der Waals surface area (Å²) in [6.45, 7) is 1.63. The number of aromatic nitrogens is 2. The first-order chi connectivity index (χ1) is 5.86. The molecular weight excluding hydrogens is 162 g/mol. The van der Waals surface area contributed by atoms with Gasteiger partial charge in [0.25, 0.3) is 0 Å². The lowest BCUT2D eigenvalue weighted by Gasteiger charge is -2.19. The third-order valence-corrected chi connectivity index (χ3v) is 1.56. The molecule has 1 fully saturated rings. The van der Waals surface area contributed by atoms with Gasteiger partial charge in [0, 0.05) is 0 Å². The molecule has 1 aromatic rings. The fourth-order valence-electron chi connectivity index (χ4n) is 1.01. The maximum absolute atomic E-state index is 5.31. The molecule has 2 rings (SSSR count). The van der Waals surface area contributed by atoms with E-state index in [1.807, 2.05) is 0 Å². The zero-order valence-electron chi connectivity index (χ0n) is 6.40. The van der Waals surface area contributed by atoms with Crippen molar-refractivity contribution in [3.8, 4) is 0 Å². The topological polar surface area (TPSA) is 83.4 Å². The summed E-state index contributed by atoms with van der Waals surface area (Å²) in [4.78, 5) is 3.83. The van der Waals surface area contributed by atoms with Crippen LogP contribution in [0.25, 0.3) is 0 Å². The predicted octanol–water partition coefficient (Wildman–Crippen LogP) is -0.260. The van der Waals surface area contributed by atoms with Crippen LogP contribution in [0.3, 0.4) is 0 Å². The highest BCUT2D eigenvalue weighted by molar-refractivity contribution is 5.08. The van der Waals surface area contributed by atoms with Crippen LogP contribution in [-0.2, 0) is 9.47 Å². The maximum atomic E-state index is 5.31. The number of rotatable bonds is 1. The van der Waals surface area contributed by atoms with E-state index in [1.54, 1.807) is 0 Å². The van der Waals surface area contributed by atoms with Gasteiger partial charge < -0.3 is 19.7 Å². The second-order valence-corrected chi connectivity index (χ2v) is 2.43. The van der Waals surface area contributed by atoms with Crippen LogP contribution in [-0.4, -0.2) is 30.0 Å². The number of nitrogens with two attached hydrogens (primary N) is 1. The normalized spacial score (nSPS) is 24.2. The van der Waals surface area contributed by atoms with Crippen LogP contribution < -0.4 is 5.73 Å². The van der Waals surface area contributed by atoms with Gasteiger partial charge in [0.15, 0.2) is 0 Å². The number of anilines is 1. The maximum Gasteiger partial charge on any atom is 0.318 e. The van der Waals surface area contributed by atoms with Crippen molar-refractivity contribution in [2.45, 2.75) is 6.10 Å². The van der Waals surface area contributed by atoms with Gasteiger partial charge in [0.1, 0.15) is 6.10 Å². The van der Waals surface area contributed by atoms with Gasteiger partial charge in [-0.15, -0.1) is 0 Å². The molecule has 0 aromatic carbocycles. The van der Waals surface area contributed by atoms with Gasteiger partial charge in [0.2, 0.25) is 5.82 Å². The van der Waals surface area contributed by atoms with Gasteiger partial charge >= 0.3 is 6.01 Å². The molecule has 1 aromatic heterocycles. The molecule has 0 radical (unpaired) electrons. The first-order valence-electron chi connectivity index (χ1n) is 3.64. The SMILES string of the molecule is Nc1nc(C2COCCO2)no1. The minimum atomic E-state index is -0.236. The molecule has 6 heteroatoms. The molecule has 12 heavy (non-hydrogen) atoms. The third kappa shape index (κ3) is 1.39. The van der Waals surface area contributed by atoms with Gasteiger partial charge in [-0.05, 0) is 0 Å². The molecule has 0 aliphatic carbocycles. The third-order valence-electron chi connectivity index (χ3n) is 1.56. The van der Waals surface area contributed by atoms with Crippen LogP contribution in [0.4, 0.5) is 6.01 Å². The van der Waals surface area contributed by atoms with Crippen molar-refractivity contribution in [1.29, 1.82) is 0 Å². The van der Waals surface area contributed by atoms with E-state index in [-0.39, 0.29) is 12.1 Å². The Morgan fingerprint density at radius 3 is 2.92 bits per heavy atom. The number of hydrogen-bond donors (Lipinski definition) is 1. The van der Waals surface area contributed by atoms with Crippen LogP contribution in [0.5, 0.6) is 0 Å². The Labute approximate surface area is 68.6 Å². The van der Waals surface area contributed by atoms with Crippen molar-refractivity contribution in [2.75, 3.05) is 25.6 Å². The van der Waals surface area contributed by atoms with Crippen molar-refractivity contribution in [2.24, 2.45) is 0 Å². The molecule has 0 spiro atoms. The Bertz CT molecular complexity index is 256. The minimum absolute atomic E-state index is 0.0548. The molecule has 0 bridgehead atoms. The average Bonchev–Trinajstić information content (AvgIpc) is 2.54. The lowest BCUT2D eigenvalue weighted by molar-refractivity contribution is -0.0941. The number of ether oxygens (including phenoxy) is 2. The van der Waals surface area contributed by atoms with E-state index >= 15 is 0 Å². The first kappa shape index (κ1) is 7.51. The zero-order chi connectivity index (χ0) is 8.39. The summed E-state index contributed by atoms with van der Waals surface area (Å²) in [7, 11) is 0. The number of hydrogen-bond acceptors (Lipinski definition) is 6. The highest BCUT2D eigenvalue weighted by atomic mass is 16.6. The molecule has 1 aliphatic rings. The molecule has 6 nitrogen and oxygen atoms in total. The smallest absolute Gasteiger partial charge is 0.318 e. The molecule has 0 amide bonds. The lowest BCUT2D eigenvalue weighted by atomic mass is 10.3. The second kappa shape index (κ2) is 3.08. The monoisotopic (exact) mass is 171 g/mol. The fourth-order valence-corrected chi connectivity index (χ4v) is 1.01. The Kier molecular flexibility index (Phi) is 1.92. The molecule has 2 N–H and O–H groups in total. The molecule has 1 saturated heterocycles. The van der Waals surface area contributed by atoms with Crippen LogP contribution >= 0.6 is 0 Å². The molecule has 2 heterocycles. The van der Waals surface area contributed by atoms with E-state index in [1.165, 1.54) is 0 Å². The molecule has 1 atom stereocenters. The van der Waals surface area contributed by atoms with Crippen LogP contribution in [0.1, 0.15) is 11.9 Å². The van der Waals surface area contributed by atoms with E-state index in [9.17, 15) is 0 Å². The molecule has 1 aliphatic heterocycles. The summed E-state index contributed by atoms with van der Waals surface area (Å²) in [6.07, 6.45) is -0.236. The summed E-state index contributed by atoms with van der Waals surface area (Å²) < 4.78 is 15.1. The lowest BCUT2D eigenvalue weighted by Crippen LogP contribution is -2.22. The van der Waals surface area contributed by atoms with Crippen molar-refractivity contribution < 1.29 is 14.0 Å². The van der Waals surface area contributed by atoms with Crippen molar-refractivity contribution in [3.63, 3.8) is 0 Å². The second-order valence-electron chi connectivity index (χ2n) is 2.43. The standard InChI is InChI=1S/C6H9N3O3/c7-6-8-5(9-12-6)4-3-10-1-2-11-4/h4H,1-3H2,(H2,7,8,9). The van der Waals surface area contributed by atoms with E-state index in [0.29, 0.717) is 25.6 Å². The van der Waals surface area contributed by atoms with E-state index in [0.717, 1.165) is 0 Å². The molecular formula is C6H9N3O3.